The minimum absolute atomic E-state index is 0.391. The van der Waals surface area contributed by atoms with E-state index in [1.807, 2.05) is 6.07 Å². The number of hydrogen-bond donors (Lipinski definition) is 0. The van der Waals surface area contributed by atoms with Crippen LogP contribution in [-0.4, -0.2) is 30.0 Å². The van der Waals surface area contributed by atoms with Crippen LogP contribution in [0.1, 0.15) is 29.6 Å². The number of nitriles is 1. The molecule has 1 aliphatic rings. The van der Waals surface area contributed by atoms with Gasteiger partial charge in [0.05, 0.1) is 6.07 Å². The van der Waals surface area contributed by atoms with Gasteiger partial charge < -0.3 is 9.64 Å². The first-order chi connectivity index (χ1) is 10.3. The lowest BCUT2D eigenvalue weighted by molar-refractivity contribution is -0.0524. The van der Waals surface area contributed by atoms with Gasteiger partial charge in [0.25, 0.3) is 5.91 Å². The smallest absolute Gasteiger partial charge is 0.387 e. The molecule has 0 saturated heterocycles. The Morgan fingerprint density at radius 3 is 2.50 bits per heavy atom. The minimum Gasteiger partial charge on any atom is -0.432 e. The van der Waals surface area contributed by atoms with Gasteiger partial charge in [0.2, 0.25) is 0 Å². The second kappa shape index (κ2) is 5.83. The summed E-state index contributed by atoms with van der Waals surface area (Å²) in [6.45, 7) is -3.31. The summed E-state index contributed by atoms with van der Waals surface area (Å²) < 4.78 is 56.1. The van der Waals surface area contributed by atoms with E-state index >= 15 is 0 Å². The van der Waals surface area contributed by atoms with E-state index in [0.29, 0.717) is 31.4 Å². The monoisotopic (exact) mass is 316 g/mol. The Kier molecular flexibility index (Phi) is 4.26. The maximum atomic E-state index is 14.1. The van der Waals surface area contributed by atoms with E-state index in [4.69, 9.17) is 5.26 Å². The van der Waals surface area contributed by atoms with E-state index in [0.717, 1.165) is 4.90 Å². The molecule has 0 heterocycles. The SMILES string of the molecule is CN(C(=O)c1c(F)ccc(OC(F)F)c1F)C1(C#N)CCC1. The van der Waals surface area contributed by atoms with Crippen molar-refractivity contribution in [1.82, 2.24) is 4.90 Å². The zero-order chi connectivity index (χ0) is 16.5. The first-order valence-corrected chi connectivity index (χ1v) is 6.44. The lowest BCUT2D eigenvalue weighted by atomic mass is 9.76. The van der Waals surface area contributed by atoms with Crippen LogP contribution < -0.4 is 4.74 Å². The van der Waals surface area contributed by atoms with Crippen LogP contribution in [0.2, 0.25) is 0 Å². The Labute approximate surface area is 123 Å². The fourth-order valence-corrected chi connectivity index (χ4v) is 2.31. The van der Waals surface area contributed by atoms with Gasteiger partial charge in [-0.25, -0.2) is 8.78 Å². The van der Waals surface area contributed by atoms with Crippen molar-refractivity contribution in [3.8, 4) is 11.8 Å². The van der Waals surface area contributed by atoms with E-state index in [2.05, 4.69) is 4.74 Å². The number of benzene rings is 1. The van der Waals surface area contributed by atoms with Crippen LogP contribution in [-0.2, 0) is 0 Å². The van der Waals surface area contributed by atoms with Gasteiger partial charge in [-0.05, 0) is 31.4 Å². The van der Waals surface area contributed by atoms with Crippen molar-refractivity contribution >= 4 is 5.91 Å². The highest BCUT2D eigenvalue weighted by atomic mass is 19.3. The molecule has 1 aromatic rings. The molecule has 1 aromatic carbocycles. The van der Waals surface area contributed by atoms with Gasteiger partial charge >= 0.3 is 6.61 Å². The van der Waals surface area contributed by atoms with E-state index < -0.39 is 41.0 Å². The number of alkyl halides is 2. The molecule has 0 aliphatic heterocycles. The fourth-order valence-electron chi connectivity index (χ4n) is 2.31. The van der Waals surface area contributed by atoms with Gasteiger partial charge in [0.1, 0.15) is 16.9 Å². The largest absolute Gasteiger partial charge is 0.432 e. The number of ether oxygens (including phenoxy) is 1. The second-order valence-electron chi connectivity index (χ2n) is 4.97. The van der Waals surface area contributed by atoms with E-state index in [1.54, 1.807) is 0 Å². The topological polar surface area (TPSA) is 53.3 Å². The molecule has 22 heavy (non-hydrogen) atoms. The third-order valence-electron chi connectivity index (χ3n) is 3.82. The van der Waals surface area contributed by atoms with Gasteiger partial charge in [-0.15, -0.1) is 0 Å². The van der Waals surface area contributed by atoms with Crippen LogP contribution in [0.15, 0.2) is 12.1 Å². The minimum atomic E-state index is -3.31. The summed E-state index contributed by atoms with van der Waals surface area (Å²) in [7, 11) is 1.25. The highest BCUT2D eigenvalue weighted by molar-refractivity contribution is 5.96. The van der Waals surface area contributed by atoms with Crippen molar-refractivity contribution in [1.29, 1.82) is 5.26 Å². The molecule has 1 saturated carbocycles. The van der Waals surface area contributed by atoms with Crippen LogP contribution in [0.4, 0.5) is 17.6 Å². The molecular formula is C14H12F4N2O2. The Balaban J connectivity index is 2.39. The number of carbonyl (C=O) groups excluding carboxylic acids is 1. The Bertz CT molecular complexity index is 638. The average molecular weight is 316 g/mol. The molecule has 118 valence electrons. The Morgan fingerprint density at radius 1 is 1.41 bits per heavy atom. The standard InChI is InChI=1S/C14H12F4N2O2/c1-20(14(7-19)5-2-6-14)12(21)10-8(15)3-4-9(11(10)16)22-13(17)18/h3-4,13H,2,5-6H2,1H3. The Morgan fingerprint density at radius 2 is 2.05 bits per heavy atom. The number of rotatable bonds is 4. The highest BCUT2D eigenvalue weighted by Crippen LogP contribution is 2.38. The summed E-state index contributed by atoms with van der Waals surface area (Å²) in [4.78, 5) is 13.2. The molecule has 1 fully saturated rings. The first kappa shape index (κ1) is 16.1. The molecule has 8 heteroatoms. The third kappa shape index (κ3) is 2.58. The highest BCUT2D eigenvalue weighted by Gasteiger charge is 2.44. The number of hydrogen-bond acceptors (Lipinski definition) is 3. The summed E-state index contributed by atoms with van der Waals surface area (Å²) in [6, 6.07) is 3.31. The molecule has 0 radical (unpaired) electrons. The van der Waals surface area contributed by atoms with Crippen molar-refractivity contribution in [2.24, 2.45) is 0 Å². The molecule has 2 rings (SSSR count). The quantitative estimate of drug-likeness (QED) is 0.802. The summed E-state index contributed by atoms with van der Waals surface area (Å²) in [5.74, 6) is -4.73. The lowest BCUT2D eigenvalue weighted by Gasteiger charge is -2.42. The molecule has 0 spiro atoms. The zero-order valence-corrected chi connectivity index (χ0v) is 11.6. The van der Waals surface area contributed by atoms with E-state index in [1.165, 1.54) is 7.05 Å². The van der Waals surface area contributed by atoms with Gasteiger partial charge in [-0.3, -0.25) is 4.79 Å². The lowest BCUT2D eigenvalue weighted by Crippen LogP contribution is -2.53. The average Bonchev–Trinajstić information content (AvgIpc) is 2.41. The number of halogens is 4. The number of carbonyl (C=O) groups is 1. The van der Waals surface area contributed by atoms with Crippen molar-refractivity contribution in [3.05, 3.63) is 29.3 Å². The van der Waals surface area contributed by atoms with Crippen molar-refractivity contribution in [3.63, 3.8) is 0 Å². The summed E-state index contributed by atoms with van der Waals surface area (Å²) in [6.07, 6.45) is 1.50. The fraction of sp³-hybridized carbons (Fsp3) is 0.429. The molecule has 4 nitrogen and oxygen atoms in total. The van der Waals surface area contributed by atoms with Crippen LogP contribution in [0, 0.1) is 23.0 Å². The van der Waals surface area contributed by atoms with Gasteiger partial charge in [0, 0.05) is 7.05 Å². The van der Waals surface area contributed by atoms with E-state index in [9.17, 15) is 22.4 Å². The third-order valence-corrected chi connectivity index (χ3v) is 3.82. The predicted molar refractivity (Wildman–Crippen MR) is 67.3 cm³/mol. The summed E-state index contributed by atoms with van der Waals surface area (Å²) >= 11 is 0. The Hall–Kier alpha value is -2.30. The maximum Gasteiger partial charge on any atom is 0.387 e. The van der Waals surface area contributed by atoms with Crippen molar-refractivity contribution in [2.75, 3.05) is 7.05 Å². The molecule has 0 unspecified atom stereocenters. The normalized spacial score (nSPS) is 15.9. The molecule has 1 amide bonds. The van der Waals surface area contributed by atoms with E-state index in [-0.39, 0.29) is 0 Å². The van der Waals surface area contributed by atoms with Gasteiger partial charge in [-0.2, -0.15) is 14.0 Å². The first-order valence-electron chi connectivity index (χ1n) is 6.44. The molecule has 0 N–H and O–H groups in total. The van der Waals surface area contributed by atoms with Gasteiger partial charge in [0.15, 0.2) is 11.6 Å². The molecule has 0 bridgehead atoms. The van der Waals surface area contributed by atoms with Crippen molar-refractivity contribution in [2.45, 2.75) is 31.4 Å². The molecule has 0 atom stereocenters. The summed E-state index contributed by atoms with van der Waals surface area (Å²) in [5, 5.41) is 9.16. The van der Waals surface area contributed by atoms with Crippen LogP contribution in [0.3, 0.4) is 0 Å². The van der Waals surface area contributed by atoms with Gasteiger partial charge in [-0.1, -0.05) is 0 Å². The van der Waals surface area contributed by atoms with Crippen LogP contribution >= 0.6 is 0 Å². The van der Waals surface area contributed by atoms with Crippen LogP contribution in [0.5, 0.6) is 5.75 Å². The second-order valence-corrected chi connectivity index (χ2v) is 4.97. The van der Waals surface area contributed by atoms with Crippen molar-refractivity contribution < 1.29 is 27.1 Å². The number of nitrogens with zero attached hydrogens (tertiary/aromatic N) is 2. The number of amides is 1. The molecule has 0 aromatic heterocycles. The zero-order valence-electron chi connectivity index (χ0n) is 11.6. The maximum absolute atomic E-state index is 14.1. The molecule has 1 aliphatic carbocycles. The predicted octanol–water partition coefficient (Wildman–Crippen LogP) is 3.08. The summed E-state index contributed by atoms with van der Waals surface area (Å²) in [5.41, 5.74) is -2.13. The molecular weight excluding hydrogens is 304 g/mol. The van der Waals surface area contributed by atoms with Crippen LogP contribution in [0.25, 0.3) is 0 Å².